The summed E-state index contributed by atoms with van der Waals surface area (Å²) >= 11 is 0. The second-order valence-corrected chi connectivity index (χ2v) is 7.47. The molecule has 0 unspecified atom stereocenters. The van der Waals surface area contributed by atoms with E-state index in [1.54, 1.807) is 0 Å². The van der Waals surface area contributed by atoms with Crippen LogP contribution in [0.3, 0.4) is 0 Å². The Bertz CT molecular complexity index is 965. The Morgan fingerprint density at radius 1 is 1.07 bits per heavy atom. The zero-order valence-corrected chi connectivity index (χ0v) is 16.3. The van der Waals surface area contributed by atoms with Crippen molar-refractivity contribution >= 4 is 16.8 Å². The monoisotopic (exact) mass is 374 g/mol. The van der Waals surface area contributed by atoms with E-state index in [1.165, 1.54) is 25.9 Å². The fourth-order valence-electron chi connectivity index (χ4n) is 3.85. The van der Waals surface area contributed by atoms with Crippen molar-refractivity contribution in [2.45, 2.75) is 26.2 Å². The first-order chi connectivity index (χ1) is 13.7. The maximum absolute atomic E-state index is 13.2. The number of aromatic nitrogens is 2. The van der Waals surface area contributed by atoms with Gasteiger partial charge in [-0.05, 0) is 58.0 Å². The quantitative estimate of drug-likeness (QED) is 0.667. The van der Waals surface area contributed by atoms with Crippen molar-refractivity contribution in [3.8, 4) is 11.3 Å². The average Bonchev–Trinajstić information content (AvgIpc) is 3.24. The van der Waals surface area contributed by atoms with Crippen LogP contribution in [-0.4, -0.2) is 47.2 Å². The third-order valence-corrected chi connectivity index (χ3v) is 5.33. The van der Waals surface area contributed by atoms with Crippen LogP contribution in [0.15, 0.2) is 48.5 Å². The zero-order chi connectivity index (χ0) is 19.3. The molecule has 1 aliphatic rings. The minimum absolute atomic E-state index is 0.0780. The van der Waals surface area contributed by atoms with Gasteiger partial charge in [0.1, 0.15) is 5.69 Å². The van der Waals surface area contributed by atoms with Gasteiger partial charge < -0.3 is 10.2 Å². The lowest BCUT2D eigenvalue weighted by molar-refractivity contribution is 0.0954. The van der Waals surface area contributed by atoms with Crippen molar-refractivity contribution in [2.75, 3.05) is 26.2 Å². The van der Waals surface area contributed by atoms with Crippen LogP contribution < -0.4 is 5.32 Å². The summed E-state index contributed by atoms with van der Waals surface area (Å²) < 4.78 is 0. The van der Waals surface area contributed by atoms with Gasteiger partial charge in [-0.25, -0.2) is 0 Å². The van der Waals surface area contributed by atoms with Crippen molar-refractivity contribution in [3.63, 3.8) is 0 Å². The molecule has 0 saturated carbocycles. The molecule has 5 nitrogen and oxygen atoms in total. The third-order valence-electron chi connectivity index (χ3n) is 5.33. The van der Waals surface area contributed by atoms with Crippen LogP contribution in [0.5, 0.6) is 0 Å². The third kappa shape index (κ3) is 4.04. The summed E-state index contributed by atoms with van der Waals surface area (Å²) in [7, 11) is 0. The van der Waals surface area contributed by atoms with Crippen LogP contribution in [0.25, 0.3) is 22.2 Å². The van der Waals surface area contributed by atoms with E-state index in [-0.39, 0.29) is 5.91 Å². The molecule has 0 aliphatic carbocycles. The Morgan fingerprint density at radius 3 is 2.64 bits per heavy atom. The number of benzene rings is 2. The summed E-state index contributed by atoms with van der Waals surface area (Å²) in [5.41, 5.74) is 3.99. The molecule has 3 aromatic rings. The van der Waals surface area contributed by atoms with E-state index in [2.05, 4.69) is 20.4 Å². The highest BCUT2D eigenvalue weighted by atomic mass is 16.1. The van der Waals surface area contributed by atoms with Crippen LogP contribution in [0.1, 0.15) is 35.2 Å². The summed E-state index contributed by atoms with van der Waals surface area (Å²) in [6, 6.07) is 15.7. The summed E-state index contributed by atoms with van der Waals surface area (Å²) in [5.74, 6) is -0.0780. The first kappa shape index (κ1) is 18.6. The second-order valence-electron chi connectivity index (χ2n) is 7.47. The van der Waals surface area contributed by atoms with Crippen molar-refractivity contribution in [2.24, 2.45) is 0 Å². The molecule has 4 rings (SSSR count). The highest BCUT2D eigenvalue weighted by Crippen LogP contribution is 2.27. The minimum Gasteiger partial charge on any atom is -0.352 e. The van der Waals surface area contributed by atoms with E-state index >= 15 is 0 Å². The number of amides is 1. The number of fused-ring (bicyclic) bond motifs is 1. The maximum Gasteiger partial charge on any atom is 0.254 e. The fraction of sp³-hybridized carbons (Fsp3) is 0.348. The molecule has 2 heterocycles. The molecule has 1 fully saturated rings. The summed E-state index contributed by atoms with van der Waals surface area (Å²) in [6.45, 7) is 6.11. The van der Waals surface area contributed by atoms with Crippen molar-refractivity contribution < 1.29 is 4.79 Å². The maximum atomic E-state index is 13.2. The number of carbonyl (C=O) groups is 1. The number of nitrogens with zero attached hydrogens (tertiary/aromatic N) is 3. The topological polar surface area (TPSA) is 58.1 Å². The molecule has 28 heavy (non-hydrogen) atoms. The second kappa shape index (κ2) is 8.48. The summed E-state index contributed by atoms with van der Waals surface area (Å²) in [4.78, 5) is 15.6. The predicted octanol–water partition coefficient (Wildman–Crippen LogP) is 3.82. The molecule has 1 aromatic heterocycles. The van der Waals surface area contributed by atoms with Crippen LogP contribution in [0.4, 0.5) is 0 Å². The van der Waals surface area contributed by atoms with Gasteiger partial charge in [0.25, 0.3) is 5.91 Å². The molecule has 5 heteroatoms. The highest BCUT2D eigenvalue weighted by molar-refractivity contribution is 6.10. The summed E-state index contributed by atoms with van der Waals surface area (Å²) in [6.07, 6.45) is 3.55. The molecule has 1 N–H and O–H groups in total. The standard InChI is InChI=1S/C23H26N4O/c1-17-10-11-20-19(16-17)21(22(26-25-20)18-8-3-2-4-9-18)23(28)24-12-7-15-27-13-5-6-14-27/h2-4,8-11,16H,5-7,12-15H2,1H3,(H,24,28). The SMILES string of the molecule is Cc1ccc2nnc(-c3ccccc3)c(C(=O)NCCCN3CCCC3)c2c1. The number of nitrogens with one attached hydrogen (secondary N) is 1. The number of hydrogen-bond acceptors (Lipinski definition) is 4. The van der Waals surface area contributed by atoms with Gasteiger partial charge in [0, 0.05) is 17.5 Å². The van der Waals surface area contributed by atoms with Gasteiger partial charge in [-0.1, -0.05) is 42.0 Å². The molecule has 1 aliphatic heterocycles. The smallest absolute Gasteiger partial charge is 0.254 e. The largest absolute Gasteiger partial charge is 0.352 e. The van der Waals surface area contributed by atoms with Crippen molar-refractivity contribution in [1.29, 1.82) is 0 Å². The molecule has 0 atom stereocenters. The van der Waals surface area contributed by atoms with E-state index < -0.39 is 0 Å². The predicted molar refractivity (Wildman–Crippen MR) is 112 cm³/mol. The number of likely N-dealkylation sites (tertiary alicyclic amines) is 1. The Hall–Kier alpha value is -2.79. The molecule has 144 valence electrons. The highest BCUT2D eigenvalue weighted by Gasteiger charge is 2.19. The first-order valence-corrected chi connectivity index (χ1v) is 10.1. The number of aryl methyl sites for hydroxylation is 1. The van der Waals surface area contributed by atoms with E-state index in [4.69, 9.17) is 0 Å². The van der Waals surface area contributed by atoms with Crippen molar-refractivity contribution in [3.05, 3.63) is 59.7 Å². The van der Waals surface area contributed by atoms with E-state index in [0.29, 0.717) is 17.8 Å². The first-order valence-electron chi connectivity index (χ1n) is 10.1. The van der Waals surface area contributed by atoms with Gasteiger partial charge in [-0.15, -0.1) is 10.2 Å². The molecule has 1 amide bonds. The number of carbonyl (C=O) groups excluding carboxylic acids is 1. The zero-order valence-electron chi connectivity index (χ0n) is 16.3. The van der Waals surface area contributed by atoms with Gasteiger partial charge in [0.05, 0.1) is 11.1 Å². The Kier molecular flexibility index (Phi) is 5.63. The fourth-order valence-corrected chi connectivity index (χ4v) is 3.85. The van der Waals surface area contributed by atoms with E-state index in [0.717, 1.165) is 35.0 Å². The lowest BCUT2D eigenvalue weighted by atomic mass is 10.00. The Morgan fingerprint density at radius 2 is 1.86 bits per heavy atom. The molecule has 0 spiro atoms. The van der Waals surface area contributed by atoms with E-state index in [9.17, 15) is 4.79 Å². The minimum atomic E-state index is -0.0780. The van der Waals surface area contributed by atoms with Gasteiger partial charge in [-0.2, -0.15) is 0 Å². The van der Waals surface area contributed by atoms with Crippen LogP contribution in [0.2, 0.25) is 0 Å². The van der Waals surface area contributed by atoms with E-state index in [1.807, 2.05) is 55.5 Å². The molecule has 1 saturated heterocycles. The molecule has 2 aromatic carbocycles. The molecule has 0 radical (unpaired) electrons. The Balaban J connectivity index is 1.61. The van der Waals surface area contributed by atoms with Crippen LogP contribution >= 0.6 is 0 Å². The molecular formula is C23H26N4O. The van der Waals surface area contributed by atoms with Crippen LogP contribution in [-0.2, 0) is 0 Å². The van der Waals surface area contributed by atoms with Gasteiger partial charge in [0.15, 0.2) is 0 Å². The molecule has 0 bridgehead atoms. The number of rotatable bonds is 6. The summed E-state index contributed by atoms with van der Waals surface area (Å²) in [5, 5.41) is 12.7. The Labute approximate surface area is 165 Å². The van der Waals surface area contributed by atoms with Gasteiger partial charge in [-0.3, -0.25) is 4.79 Å². The average molecular weight is 374 g/mol. The number of hydrogen-bond donors (Lipinski definition) is 1. The van der Waals surface area contributed by atoms with Gasteiger partial charge in [0.2, 0.25) is 0 Å². The normalized spacial score (nSPS) is 14.5. The van der Waals surface area contributed by atoms with Crippen LogP contribution in [0, 0.1) is 6.92 Å². The lowest BCUT2D eigenvalue weighted by Gasteiger charge is -2.15. The lowest BCUT2D eigenvalue weighted by Crippen LogP contribution is -2.29. The molecular weight excluding hydrogens is 348 g/mol. The van der Waals surface area contributed by atoms with Crippen molar-refractivity contribution in [1.82, 2.24) is 20.4 Å². The van der Waals surface area contributed by atoms with Gasteiger partial charge >= 0.3 is 0 Å².